The summed E-state index contributed by atoms with van der Waals surface area (Å²) in [5.41, 5.74) is 0.112. The van der Waals surface area contributed by atoms with Crippen LogP contribution < -0.4 is 0 Å². The van der Waals surface area contributed by atoms with E-state index in [0.29, 0.717) is 11.1 Å². The third-order valence-electron chi connectivity index (χ3n) is 4.04. The van der Waals surface area contributed by atoms with Crippen LogP contribution in [0.25, 0.3) is 11.1 Å². The molecule has 3 rings (SSSR count). The summed E-state index contributed by atoms with van der Waals surface area (Å²) in [5.74, 6) is -1.50. The first-order valence-corrected chi connectivity index (χ1v) is 10.3. The third-order valence-corrected chi connectivity index (χ3v) is 7.52. The molecule has 0 aliphatic carbocycles. The molecule has 28 heavy (non-hydrogen) atoms. The summed E-state index contributed by atoms with van der Waals surface area (Å²) < 4.78 is 63.6. The van der Waals surface area contributed by atoms with Crippen LogP contribution in [0, 0.1) is 0 Å². The van der Waals surface area contributed by atoms with Crippen molar-refractivity contribution >= 4 is 27.1 Å². The van der Waals surface area contributed by atoms with Crippen molar-refractivity contribution < 1.29 is 31.5 Å². The van der Waals surface area contributed by atoms with Gasteiger partial charge in [-0.1, -0.05) is 42.5 Å². The van der Waals surface area contributed by atoms with Crippen LogP contribution in [0.5, 0.6) is 0 Å². The van der Waals surface area contributed by atoms with Crippen molar-refractivity contribution in [2.24, 2.45) is 0 Å². The van der Waals surface area contributed by atoms with Gasteiger partial charge in [-0.15, -0.1) is 11.3 Å². The number of carboxylic acids is 1. The Labute approximate surface area is 162 Å². The number of alkyl halides is 3. The second-order valence-corrected chi connectivity index (χ2v) is 9.07. The average molecular weight is 426 g/mol. The molecule has 1 atom stereocenters. The minimum atomic E-state index is -4.47. The number of halogens is 3. The van der Waals surface area contributed by atoms with Gasteiger partial charge in [0.05, 0.1) is 5.56 Å². The normalized spacial score (nSPS) is 13.2. The van der Waals surface area contributed by atoms with Gasteiger partial charge in [0.2, 0.25) is 9.84 Å². The molecule has 9 heteroatoms. The number of sulfone groups is 1. The Morgan fingerprint density at radius 1 is 0.964 bits per heavy atom. The van der Waals surface area contributed by atoms with Gasteiger partial charge in [-0.2, -0.15) is 13.2 Å². The van der Waals surface area contributed by atoms with Gasteiger partial charge in [0.25, 0.3) is 0 Å². The molecule has 0 fully saturated rings. The van der Waals surface area contributed by atoms with E-state index in [1.165, 1.54) is 35.7 Å². The van der Waals surface area contributed by atoms with Gasteiger partial charge in [-0.05, 0) is 40.3 Å². The van der Waals surface area contributed by atoms with Crippen molar-refractivity contribution in [1.82, 2.24) is 0 Å². The van der Waals surface area contributed by atoms with Crippen LogP contribution in [-0.4, -0.2) is 19.5 Å². The quantitative estimate of drug-likeness (QED) is 0.621. The standard InChI is InChI=1S/C19H13F3O4S2/c20-19(21,22)15-8-6-12(7-9-15)14-10-16(27-11-14)28(25,26)17(18(23)24)13-4-2-1-3-5-13/h1-11,17H,(H,23,24). The number of rotatable bonds is 5. The maximum Gasteiger partial charge on any atom is 0.416 e. The lowest BCUT2D eigenvalue weighted by Gasteiger charge is -2.12. The van der Waals surface area contributed by atoms with Gasteiger partial charge < -0.3 is 5.11 Å². The minimum absolute atomic E-state index is 0.125. The molecule has 1 aromatic heterocycles. The summed E-state index contributed by atoms with van der Waals surface area (Å²) in [5, 5.41) is 9.17. The highest BCUT2D eigenvalue weighted by molar-refractivity contribution is 7.94. The fourth-order valence-electron chi connectivity index (χ4n) is 2.67. The van der Waals surface area contributed by atoms with E-state index in [1.807, 2.05) is 0 Å². The van der Waals surface area contributed by atoms with E-state index in [4.69, 9.17) is 0 Å². The molecule has 4 nitrogen and oxygen atoms in total. The summed E-state index contributed by atoms with van der Waals surface area (Å²) in [6.45, 7) is 0. The van der Waals surface area contributed by atoms with Gasteiger partial charge >= 0.3 is 12.1 Å². The highest BCUT2D eigenvalue weighted by Gasteiger charge is 2.36. The third kappa shape index (κ3) is 3.95. The predicted molar refractivity (Wildman–Crippen MR) is 98.8 cm³/mol. The van der Waals surface area contributed by atoms with E-state index in [1.54, 1.807) is 18.2 Å². The molecule has 0 amide bonds. The fraction of sp³-hybridized carbons (Fsp3) is 0.105. The second kappa shape index (κ2) is 7.40. The molecular formula is C19H13F3O4S2. The number of benzene rings is 2. The van der Waals surface area contributed by atoms with Crippen LogP contribution in [-0.2, 0) is 20.8 Å². The van der Waals surface area contributed by atoms with Crippen molar-refractivity contribution in [3.63, 3.8) is 0 Å². The van der Waals surface area contributed by atoms with Crippen LogP contribution in [0.15, 0.2) is 70.3 Å². The monoisotopic (exact) mass is 426 g/mol. The largest absolute Gasteiger partial charge is 0.480 e. The van der Waals surface area contributed by atoms with Gasteiger partial charge in [0.15, 0.2) is 5.25 Å². The van der Waals surface area contributed by atoms with E-state index in [2.05, 4.69) is 0 Å². The fourth-order valence-corrected chi connectivity index (χ4v) is 5.58. The molecule has 1 unspecified atom stereocenters. The number of hydrogen-bond donors (Lipinski definition) is 1. The van der Waals surface area contributed by atoms with E-state index in [9.17, 15) is 31.5 Å². The van der Waals surface area contributed by atoms with Gasteiger partial charge in [0.1, 0.15) is 4.21 Å². The topological polar surface area (TPSA) is 71.4 Å². The first kappa shape index (κ1) is 20.1. The summed E-state index contributed by atoms with van der Waals surface area (Å²) >= 11 is 0.828. The summed E-state index contributed by atoms with van der Waals surface area (Å²) in [7, 11) is -4.23. The zero-order valence-electron chi connectivity index (χ0n) is 14.1. The summed E-state index contributed by atoms with van der Waals surface area (Å²) in [6.07, 6.45) is -4.47. The molecule has 3 aromatic rings. The molecule has 0 aliphatic heterocycles. The second-order valence-electron chi connectivity index (χ2n) is 5.90. The van der Waals surface area contributed by atoms with Crippen LogP contribution in [0.4, 0.5) is 13.2 Å². The molecular weight excluding hydrogens is 413 g/mol. The molecule has 0 saturated carbocycles. The van der Waals surface area contributed by atoms with E-state index < -0.39 is 32.8 Å². The summed E-state index contributed by atoms with van der Waals surface area (Å²) in [6, 6.07) is 13.1. The lowest BCUT2D eigenvalue weighted by atomic mass is 10.1. The smallest absolute Gasteiger partial charge is 0.416 e. The SMILES string of the molecule is O=C(O)C(c1ccccc1)S(=O)(=O)c1cc(-c2ccc(C(F)(F)F)cc2)cs1. The molecule has 2 aromatic carbocycles. The zero-order valence-corrected chi connectivity index (χ0v) is 15.7. The molecule has 1 heterocycles. The number of thiophene rings is 1. The Bertz CT molecular complexity index is 1090. The Kier molecular flexibility index (Phi) is 5.31. The first-order valence-electron chi connectivity index (χ1n) is 7.88. The molecule has 0 radical (unpaired) electrons. The molecule has 0 bridgehead atoms. The van der Waals surface area contributed by atoms with Crippen molar-refractivity contribution in [1.29, 1.82) is 0 Å². The number of carboxylic acid groups (broad SMARTS) is 1. The highest BCUT2D eigenvalue weighted by Crippen LogP contribution is 2.37. The van der Waals surface area contributed by atoms with Crippen LogP contribution in [0.1, 0.15) is 16.4 Å². The van der Waals surface area contributed by atoms with Gasteiger partial charge in [-0.3, -0.25) is 4.79 Å². The Morgan fingerprint density at radius 2 is 1.57 bits per heavy atom. The van der Waals surface area contributed by atoms with Crippen molar-refractivity contribution in [3.05, 3.63) is 77.2 Å². The maximum atomic E-state index is 12.9. The van der Waals surface area contributed by atoms with Crippen molar-refractivity contribution in [3.8, 4) is 11.1 Å². The Morgan fingerprint density at radius 3 is 2.11 bits per heavy atom. The number of aliphatic carboxylic acids is 1. The first-order chi connectivity index (χ1) is 13.1. The molecule has 0 aliphatic rings. The lowest BCUT2D eigenvalue weighted by Crippen LogP contribution is -2.21. The van der Waals surface area contributed by atoms with Gasteiger partial charge in [-0.25, -0.2) is 8.42 Å². The van der Waals surface area contributed by atoms with E-state index in [-0.39, 0.29) is 9.77 Å². The van der Waals surface area contributed by atoms with Crippen molar-refractivity contribution in [2.75, 3.05) is 0 Å². The number of hydrogen-bond acceptors (Lipinski definition) is 4. The van der Waals surface area contributed by atoms with Gasteiger partial charge in [0, 0.05) is 0 Å². The van der Waals surface area contributed by atoms with Crippen LogP contribution in [0.2, 0.25) is 0 Å². The average Bonchev–Trinajstić information content (AvgIpc) is 3.12. The molecule has 1 N–H and O–H groups in total. The molecule has 0 saturated heterocycles. The highest BCUT2D eigenvalue weighted by atomic mass is 32.2. The predicted octanol–water partition coefficient (Wildman–Crippen LogP) is 5.03. The van der Waals surface area contributed by atoms with Crippen molar-refractivity contribution in [2.45, 2.75) is 15.6 Å². The Hall–Kier alpha value is -2.65. The van der Waals surface area contributed by atoms with E-state index >= 15 is 0 Å². The Balaban J connectivity index is 1.97. The lowest BCUT2D eigenvalue weighted by molar-refractivity contribution is -0.138. The summed E-state index contributed by atoms with van der Waals surface area (Å²) in [4.78, 5) is 11.6. The van der Waals surface area contributed by atoms with Crippen LogP contribution in [0.3, 0.4) is 0 Å². The maximum absolute atomic E-state index is 12.9. The van der Waals surface area contributed by atoms with E-state index in [0.717, 1.165) is 23.5 Å². The van der Waals surface area contributed by atoms with Crippen LogP contribution >= 0.6 is 11.3 Å². The minimum Gasteiger partial charge on any atom is -0.480 e. The number of carbonyl (C=O) groups is 1. The molecule has 146 valence electrons. The molecule has 0 spiro atoms. The zero-order chi connectivity index (χ0) is 20.5.